The standard InChI is InChI=1S/C15H30N3P/c1-13(2)11-19(12-14(3)4)18-10-6-9-17-8-5-7-16-15(17)18/h13-14H,5-12H2,1-4H3. The van der Waals surface area contributed by atoms with E-state index < -0.39 is 0 Å². The van der Waals surface area contributed by atoms with Crippen LogP contribution in [0.2, 0.25) is 0 Å². The number of fused-ring (bicyclic) bond motifs is 1. The highest BCUT2D eigenvalue weighted by Gasteiger charge is 2.31. The minimum Gasteiger partial charge on any atom is -0.342 e. The van der Waals surface area contributed by atoms with Gasteiger partial charge in [0, 0.05) is 26.2 Å². The molecule has 2 heterocycles. The van der Waals surface area contributed by atoms with Gasteiger partial charge in [-0.25, -0.2) is 0 Å². The summed E-state index contributed by atoms with van der Waals surface area (Å²) in [6, 6.07) is 0. The predicted octanol–water partition coefficient (Wildman–Crippen LogP) is 3.46. The van der Waals surface area contributed by atoms with Gasteiger partial charge in [-0.15, -0.1) is 0 Å². The van der Waals surface area contributed by atoms with Crippen molar-refractivity contribution in [3.63, 3.8) is 0 Å². The van der Waals surface area contributed by atoms with Crippen LogP contribution in [0.25, 0.3) is 0 Å². The molecule has 2 aliphatic heterocycles. The highest BCUT2D eigenvalue weighted by atomic mass is 31.1. The van der Waals surface area contributed by atoms with Gasteiger partial charge < -0.3 is 9.57 Å². The Hall–Kier alpha value is -0.300. The zero-order valence-electron chi connectivity index (χ0n) is 13.1. The number of aliphatic imine (C=N–C) groups is 1. The molecule has 110 valence electrons. The minimum atomic E-state index is -0.0404. The summed E-state index contributed by atoms with van der Waals surface area (Å²) in [5.41, 5.74) is 0. The molecule has 2 aliphatic rings. The Morgan fingerprint density at radius 3 is 2.26 bits per heavy atom. The first-order valence-electron chi connectivity index (χ1n) is 7.89. The van der Waals surface area contributed by atoms with Gasteiger partial charge in [0.15, 0.2) is 5.96 Å². The molecule has 2 rings (SSSR count). The summed E-state index contributed by atoms with van der Waals surface area (Å²) in [4.78, 5) is 7.38. The van der Waals surface area contributed by atoms with Crippen LogP contribution in [0.3, 0.4) is 0 Å². The van der Waals surface area contributed by atoms with Gasteiger partial charge in [0.25, 0.3) is 0 Å². The van der Waals surface area contributed by atoms with Crippen molar-refractivity contribution < 1.29 is 0 Å². The summed E-state index contributed by atoms with van der Waals surface area (Å²) >= 11 is 0. The first-order chi connectivity index (χ1) is 9.08. The average Bonchev–Trinajstić information content (AvgIpc) is 2.36. The third-order valence-corrected chi connectivity index (χ3v) is 7.01. The number of nitrogens with zero attached hydrogens (tertiary/aromatic N) is 3. The second-order valence-corrected chi connectivity index (χ2v) is 8.88. The van der Waals surface area contributed by atoms with E-state index in [1.807, 2.05) is 0 Å². The highest BCUT2D eigenvalue weighted by molar-refractivity contribution is 7.55. The van der Waals surface area contributed by atoms with Crippen molar-refractivity contribution in [1.82, 2.24) is 9.57 Å². The minimum absolute atomic E-state index is 0.0404. The van der Waals surface area contributed by atoms with Crippen LogP contribution in [0.15, 0.2) is 4.99 Å². The fourth-order valence-electron chi connectivity index (χ4n) is 2.99. The number of hydrogen-bond donors (Lipinski definition) is 0. The molecule has 0 aromatic carbocycles. The van der Waals surface area contributed by atoms with E-state index in [-0.39, 0.29) is 8.07 Å². The van der Waals surface area contributed by atoms with Crippen LogP contribution < -0.4 is 0 Å². The van der Waals surface area contributed by atoms with E-state index in [1.165, 1.54) is 50.8 Å². The van der Waals surface area contributed by atoms with Crippen molar-refractivity contribution in [1.29, 1.82) is 0 Å². The van der Waals surface area contributed by atoms with Crippen LogP contribution in [0.1, 0.15) is 40.5 Å². The van der Waals surface area contributed by atoms with E-state index in [0.717, 1.165) is 18.4 Å². The van der Waals surface area contributed by atoms with E-state index in [2.05, 4.69) is 37.3 Å². The molecule has 19 heavy (non-hydrogen) atoms. The lowest BCUT2D eigenvalue weighted by atomic mass is 10.2. The van der Waals surface area contributed by atoms with Gasteiger partial charge >= 0.3 is 0 Å². The van der Waals surface area contributed by atoms with E-state index in [1.54, 1.807) is 0 Å². The molecule has 0 aliphatic carbocycles. The van der Waals surface area contributed by atoms with Crippen LogP contribution in [-0.2, 0) is 0 Å². The number of hydrogen-bond acceptors (Lipinski definition) is 3. The molecule has 3 nitrogen and oxygen atoms in total. The zero-order chi connectivity index (χ0) is 13.8. The van der Waals surface area contributed by atoms with Crippen molar-refractivity contribution in [2.24, 2.45) is 16.8 Å². The Bertz CT molecular complexity index is 305. The molecule has 0 N–H and O–H groups in total. The quantitative estimate of drug-likeness (QED) is 0.720. The zero-order valence-corrected chi connectivity index (χ0v) is 14.0. The van der Waals surface area contributed by atoms with Crippen molar-refractivity contribution in [2.45, 2.75) is 40.5 Å². The van der Waals surface area contributed by atoms with Crippen molar-refractivity contribution in [2.75, 3.05) is 38.5 Å². The molecule has 0 unspecified atom stereocenters. The maximum atomic E-state index is 4.85. The van der Waals surface area contributed by atoms with E-state index in [4.69, 9.17) is 4.99 Å². The van der Waals surface area contributed by atoms with E-state index >= 15 is 0 Å². The van der Waals surface area contributed by atoms with Crippen molar-refractivity contribution in [3.05, 3.63) is 0 Å². The summed E-state index contributed by atoms with van der Waals surface area (Å²) in [5.74, 6) is 2.93. The monoisotopic (exact) mass is 283 g/mol. The lowest BCUT2D eigenvalue weighted by molar-refractivity contribution is 0.304. The maximum absolute atomic E-state index is 4.85. The molecule has 1 saturated heterocycles. The highest BCUT2D eigenvalue weighted by Crippen LogP contribution is 2.45. The third kappa shape index (κ3) is 4.08. The number of guanidine groups is 1. The summed E-state index contributed by atoms with van der Waals surface area (Å²) in [5, 5.41) is 0. The Kier molecular flexibility index (Phi) is 5.50. The van der Waals surface area contributed by atoms with Gasteiger partial charge in [-0.1, -0.05) is 27.7 Å². The second-order valence-electron chi connectivity index (χ2n) is 6.66. The van der Waals surface area contributed by atoms with Gasteiger partial charge in [-0.05, 0) is 45.1 Å². The fraction of sp³-hybridized carbons (Fsp3) is 0.933. The lowest BCUT2D eigenvalue weighted by Crippen LogP contribution is -2.50. The lowest BCUT2D eigenvalue weighted by Gasteiger charge is -2.45. The van der Waals surface area contributed by atoms with E-state index in [9.17, 15) is 0 Å². The molecule has 4 heteroatoms. The van der Waals surface area contributed by atoms with Crippen LogP contribution in [-0.4, -0.2) is 54.0 Å². The van der Waals surface area contributed by atoms with Crippen molar-refractivity contribution >= 4 is 14.0 Å². The Morgan fingerprint density at radius 1 is 1.00 bits per heavy atom. The molecule has 0 radical (unpaired) electrons. The Labute approximate surface area is 120 Å². The average molecular weight is 283 g/mol. The molecule has 0 aromatic rings. The molecule has 0 amide bonds. The Morgan fingerprint density at radius 2 is 1.63 bits per heavy atom. The maximum Gasteiger partial charge on any atom is 0.199 e. The molecule has 1 fully saturated rings. The first-order valence-corrected chi connectivity index (χ1v) is 9.56. The van der Waals surface area contributed by atoms with Gasteiger partial charge in [0.1, 0.15) is 0 Å². The first kappa shape index (κ1) is 15.1. The molecule has 0 aromatic heterocycles. The normalized spacial score (nSPS) is 20.3. The fourth-order valence-corrected chi connectivity index (χ4v) is 6.09. The molecular weight excluding hydrogens is 253 g/mol. The number of rotatable bonds is 5. The SMILES string of the molecule is CC(C)CP(CC(C)C)N1CCCN2CCCN=C21. The predicted molar refractivity (Wildman–Crippen MR) is 86.1 cm³/mol. The summed E-state index contributed by atoms with van der Waals surface area (Å²) in [7, 11) is -0.0404. The molecule has 0 atom stereocenters. The van der Waals surface area contributed by atoms with Gasteiger partial charge in [-0.2, -0.15) is 0 Å². The van der Waals surface area contributed by atoms with Gasteiger partial charge in [-0.3, -0.25) is 4.99 Å². The summed E-state index contributed by atoms with van der Waals surface area (Å²) < 4.78 is 2.69. The topological polar surface area (TPSA) is 18.8 Å². The van der Waals surface area contributed by atoms with E-state index in [0.29, 0.717) is 0 Å². The molecular formula is C15H30N3P. The Balaban J connectivity index is 2.11. The van der Waals surface area contributed by atoms with Crippen LogP contribution in [0.5, 0.6) is 0 Å². The van der Waals surface area contributed by atoms with Gasteiger partial charge in [0.2, 0.25) is 0 Å². The van der Waals surface area contributed by atoms with Crippen molar-refractivity contribution in [3.8, 4) is 0 Å². The van der Waals surface area contributed by atoms with Crippen LogP contribution in [0, 0.1) is 11.8 Å². The second kappa shape index (κ2) is 6.92. The van der Waals surface area contributed by atoms with Crippen LogP contribution >= 0.6 is 8.07 Å². The molecule has 0 spiro atoms. The smallest absolute Gasteiger partial charge is 0.199 e. The third-order valence-electron chi connectivity index (χ3n) is 3.64. The summed E-state index contributed by atoms with van der Waals surface area (Å²) in [6.07, 6.45) is 5.28. The summed E-state index contributed by atoms with van der Waals surface area (Å²) in [6.45, 7) is 14.2. The van der Waals surface area contributed by atoms with Crippen LogP contribution in [0.4, 0.5) is 0 Å². The largest absolute Gasteiger partial charge is 0.342 e. The molecule has 0 bridgehead atoms. The molecule has 0 saturated carbocycles. The van der Waals surface area contributed by atoms with Gasteiger partial charge in [0.05, 0.1) is 0 Å².